The molecule has 0 heterocycles. The van der Waals surface area contributed by atoms with Gasteiger partial charge in [-0.15, -0.1) is 12.3 Å². The molecule has 0 fully saturated rings. The Morgan fingerprint density at radius 2 is 1.40 bits per heavy atom. The number of amidine groups is 1. The van der Waals surface area contributed by atoms with E-state index in [1.165, 1.54) is 12.1 Å². The summed E-state index contributed by atoms with van der Waals surface area (Å²) in [6.45, 7) is 6.96. The minimum Gasteiger partial charge on any atom is -0.508 e. The topological polar surface area (TPSA) is 93.1 Å². The first-order chi connectivity index (χ1) is 20.5. The molecule has 3 rings (SSSR count). The number of nitrogens with one attached hydrogen (secondary N) is 4. The molecule has 222 valence electrons. The van der Waals surface area contributed by atoms with Crippen molar-refractivity contribution in [3.8, 4) is 18.1 Å². The van der Waals surface area contributed by atoms with E-state index in [1.54, 1.807) is 31.2 Å². The van der Waals surface area contributed by atoms with Crippen LogP contribution in [-0.4, -0.2) is 30.1 Å². The third kappa shape index (κ3) is 15.2. The Bertz CT molecular complexity index is 1260. The molecule has 0 bridgehead atoms. The minimum atomic E-state index is 0.223. The van der Waals surface area contributed by atoms with Crippen LogP contribution in [0.4, 0.5) is 17.1 Å². The van der Waals surface area contributed by atoms with Crippen LogP contribution in [0.25, 0.3) is 0 Å². The molecule has 0 unspecified atom stereocenters. The Labute approximate surface area is 252 Å². The van der Waals surface area contributed by atoms with Gasteiger partial charge in [-0.1, -0.05) is 62.2 Å². The number of unbranched alkanes of at least 4 members (excludes halogenated alkanes) is 3. The van der Waals surface area contributed by atoms with Gasteiger partial charge in [-0.05, 0) is 88.1 Å². The number of allylic oxidation sites excluding steroid dienone is 2. The standard InChI is InChI=1S/C32H42N6O.C3H4/c1-3-14-28(37-29-18-11-7-12-19-29)17-8-4-5-13-24-33-26(2)36-32(38-30-20-22-31(39)23-21-30)35-25-34-27-15-9-6-10-16-27;1-3-2/h6-7,9-12,14-16,18-23,34,37,39H,3-5,8,13,17,24-25H2,1-2H3,(H2,33,35,36,38);1H,2H3/b28-14+;. The van der Waals surface area contributed by atoms with E-state index in [4.69, 9.17) is 4.99 Å². The molecule has 7 nitrogen and oxygen atoms in total. The molecule has 0 radical (unpaired) electrons. The Kier molecular flexibility index (Phi) is 16.8. The lowest BCUT2D eigenvalue weighted by atomic mass is 10.1. The molecule has 7 heteroatoms. The summed E-state index contributed by atoms with van der Waals surface area (Å²) in [5.41, 5.74) is 4.28. The Morgan fingerprint density at radius 1 is 0.810 bits per heavy atom. The van der Waals surface area contributed by atoms with Gasteiger partial charge >= 0.3 is 0 Å². The lowest BCUT2D eigenvalue weighted by molar-refractivity contribution is 0.475. The van der Waals surface area contributed by atoms with Gasteiger partial charge in [-0.3, -0.25) is 4.99 Å². The normalized spacial score (nSPS) is 11.5. The maximum absolute atomic E-state index is 9.58. The van der Waals surface area contributed by atoms with Crippen molar-refractivity contribution in [3.63, 3.8) is 0 Å². The van der Waals surface area contributed by atoms with Crippen molar-refractivity contribution >= 4 is 28.9 Å². The number of terminal acetylenes is 1. The number of anilines is 3. The van der Waals surface area contributed by atoms with E-state index < -0.39 is 0 Å². The smallest absolute Gasteiger partial charge is 0.203 e. The summed E-state index contributed by atoms with van der Waals surface area (Å²) < 4.78 is 0. The van der Waals surface area contributed by atoms with E-state index in [1.807, 2.05) is 43.3 Å². The van der Waals surface area contributed by atoms with Crippen LogP contribution in [0.3, 0.4) is 0 Å². The predicted octanol–water partition coefficient (Wildman–Crippen LogP) is 8.23. The maximum Gasteiger partial charge on any atom is 0.203 e. The van der Waals surface area contributed by atoms with Crippen molar-refractivity contribution in [1.82, 2.24) is 5.32 Å². The van der Waals surface area contributed by atoms with Crippen LogP contribution in [-0.2, 0) is 0 Å². The summed E-state index contributed by atoms with van der Waals surface area (Å²) >= 11 is 0. The van der Waals surface area contributed by atoms with Gasteiger partial charge in [0.05, 0.1) is 5.84 Å². The molecule has 5 N–H and O–H groups in total. The van der Waals surface area contributed by atoms with Crippen LogP contribution in [0.2, 0.25) is 0 Å². The number of hydrogen-bond acceptors (Lipinski definition) is 5. The largest absolute Gasteiger partial charge is 0.508 e. The van der Waals surface area contributed by atoms with Gasteiger partial charge in [-0.2, -0.15) is 0 Å². The average Bonchev–Trinajstić information content (AvgIpc) is 2.99. The fourth-order valence-electron chi connectivity index (χ4n) is 3.96. The number of phenolic OH excluding ortho intramolecular Hbond substituents is 1. The summed E-state index contributed by atoms with van der Waals surface area (Å²) in [7, 11) is 0. The van der Waals surface area contributed by atoms with Crippen molar-refractivity contribution < 1.29 is 5.11 Å². The third-order valence-electron chi connectivity index (χ3n) is 5.96. The Balaban J connectivity index is 0.00000197. The maximum atomic E-state index is 9.58. The highest BCUT2D eigenvalue weighted by Gasteiger charge is 2.03. The number of benzene rings is 3. The van der Waals surface area contributed by atoms with Crippen LogP contribution >= 0.6 is 0 Å². The van der Waals surface area contributed by atoms with Crippen molar-refractivity contribution in [3.05, 3.63) is 96.7 Å². The number of aliphatic imine (C=N–C) groups is 2. The lowest BCUT2D eigenvalue weighted by Crippen LogP contribution is -2.35. The van der Waals surface area contributed by atoms with Crippen molar-refractivity contribution in [2.45, 2.75) is 59.3 Å². The number of phenols is 1. The number of nitrogens with zero attached hydrogens (tertiary/aromatic N) is 2. The minimum absolute atomic E-state index is 0.223. The number of aromatic hydroxyl groups is 1. The van der Waals surface area contributed by atoms with E-state index in [0.717, 1.165) is 61.5 Å². The molecule has 0 saturated heterocycles. The average molecular weight is 567 g/mol. The summed E-state index contributed by atoms with van der Waals surface area (Å²) in [5.74, 6) is 3.87. The highest BCUT2D eigenvalue weighted by molar-refractivity contribution is 6.05. The van der Waals surface area contributed by atoms with Crippen LogP contribution < -0.4 is 21.3 Å². The highest BCUT2D eigenvalue weighted by atomic mass is 16.3. The molecular weight excluding hydrogens is 520 g/mol. The van der Waals surface area contributed by atoms with E-state index in [-0.39, 0.29) is 5.75 Å². The Hall–Kier alpha value is -4.70. The highest BCUT2D eigenvalue weighted by Crippen LogP contribution is 2.16. The summed E-state index contributed by atoms with van der Waals surface area (Å²) in [6, 6.07) is 27.2. The van der Waals surface area contributed by atoms with Crippen molar-refractivity contribution in [2.75, 3.05) is 29.2 Å². The molecule has 3 aromatic rings. The quantitative estimate of drug-likeness (QED) is 0.0446. The van der Waals surface area contributed by atoms with Gasteiger partial charge in [0.25, 0.3) is 0 Å². The van der Waals surface area contributed by atoms with Gasteiger partial charge < -0.3 is 26.4 Å². The molecule has 3 aromatic carbocycles. The molecule has 0 aliphatic carbocycles. The first-order valence-corrected chi connectivity index (χ1v) is 14.6. The van der Waals surface area contributed by atoms with E-state index >= 15 is 0 Å². The van der Waals surface area contributed by atoms with Gasteiger partial charge in [0.2, 0.25) is 5.96 Å². The molecular formula is C35H46N6O. The second-order valence-electron chi connectivity index (χ2n) is 9.55. The monoisotopic (exact) mass is 566 g/mol. The van der Waals surface area contributed by atoms with E-state index in [2.05, 4.69) is 75.9 Å². The second kappa shape index (κ2) is 21.1. The van der Waals surface area contributed by atoms with Gasteiger partial charge in [0.15, 0.2) is 0 Å². The van der Waals surface area contributed by atoms with E-state index in [0.29, 0.717) is 12.6 Å². The molecule has 0 aliphatic rings. The van der Waals surface area contributed by atoms with Gasteiger partial charge in [0, 0.05) is 29.3 Å². The van der Waals surface area contributed by atoms with Crippen LogP contribution in [0.15, 0.2) is 107 Å². The zero-order valence-electron chi connectivity index (χ0n) is 25.2. The first-order valence-electron chi connectivity index (χ1n) is 14.6. The number of para-hydroxylation sites is 2. The number of guanidine groups is 1. The molecule has 0 spiro atoms. The summed E-state index contributed by atoms with van der Waals surface area (Å²) in [5, 5.41) is 23.0. The fourth-order valence-corrected chi connectivity index (χ4v) is 3.96. The van der Waals surface area contributed by atoms with Crippen LogP contribution in [0.1, 0.15) is 59.3 Å². The second-order valence-corrected chi connectivity index (χ2v) is 9.55. The zero-order chi connectivity index (χ0) is 30.3. The molecule has 0 aromatic heterocycles. The third-order valence-corrected chi connectivity index (χ3v) is 5.96. The van der Waals surface area contributed by atoms with E-state index in [9.17, 15) is 5.11 Å². The number of hydrogen-bond donors (Lipinski definition) is 5. The first kappa shape index (κ1) is 33.5. The lowest BCUT2D eigenvalue weighted by Gasteiger charge is -2.13. The van der Waals surface area contributed by atoms with Gasteiger partial charge in [-0.25, -0.2) is 4.99 Å². The zero-order valence-corrected chi connectivity index (χ0v) is 25.2. The Morgan fingerprint density at radius 3 is 2.05 bits per heavy atom. The fraction of sp³-hybridized carbons (Fsp3) is 0.314. The predicted molar refractivity (Wildman–Crippen MR) is 181 cm³/mol. The van der Waals surface area contributed by atoms with Crippen LogP contribution in [0, 0.1) is 12.3 Å². The van der Waals surface area contributed by atoms with Gasteiger partial charge in [0.1, 0.15) is 12.4 Å². The number of rotatable bonds is 14. The summed E-state index contributed by atoms with van der Waals surface area (Å²) in [6.07, 6.45) is 13.5. The molecule has 0 saturated carbocycles. The molecule has 0 atom stereocenters. The SMILES string of the molecule is C#CC.CC/C=C(\CCCCCCN=C(C)N/C(=N\CNc1ccccc1)Nc1ccc(O)cc1)Nc1ccccc1. The van der Waals surface area contributed by atoms with Crippen LogP contribution in [0.5, 0.6) is 5.75 Å². The molecule has 0 aliphatic heterocycles. The van der Waals surface area contributed by atoms with Crippen molar-refractivity contribution in [1.29, 1.82) is 0 Å². The van der Waals surface area contributed by atoms with Crippen molar-refractivity contribution in [2.24, 2.45) is 9.98 Å². The summed E-state index contributed by atoms with van der Waals surface area (Å²) in [4.78, 5) is 9.34. The molecule has 42 heavy (non-hydrogen) atoms. The molecule has 0 amide bonds.